The van der Waals surface area contributed by atoms with E-state index in [-0.39, 0.29) is 0 Å². The molecule has 0 aliphatic carbocycles. The van der Waals surface area contributed by atoms with Crippen molar-refractivity contribution < 1.29 is 4.39 Å². The zero-order valence-electron chi connectivity index (χ0n) is 21.1. The first-order valence-electron chi connectivity index (χ1n) is 11.5. The summed E-state index contributed by atoms with van der Waals surface area (Å²) in [6.45, 7) is 0. The number of allylic oxidation sites excluding steroid dienone is 2. The fraction of sp³-hybridized carbons (Fsp3) is 0.231. The molecule has 0 saturated carbocycles. The normalized spacial score (nSPS) is 16.0. The van der Waals surface area contributed by atoms with Gasteiger partial charge in [-0.15, -0.1) is 0 Å². The molecule has 0 radical (unpaired) electrons. The summed E-state index contributed by atoms with van der Waals surface area (Å²) in [5.41, 5.74) is 5.36. The number of nitrogens with one attached hydrogen (secondary N) is 2. The molecule has 5 rings (SSSR count). The summed E-state index contributed by atoms with van der Waals surface area (Å²) in [6.07, 6.45) is 2.73. The number of rotatable bonds is 6. The lowest BCUT2D eigenvalue weighted by Gasteiger charge is -2.32. The van der Waals surface area contributed by atoms with Gasteiger partial charge in [-0.3, -0.25) is 0 Å². The number of aliphatic imine (C=N–C) groups is 4. The van der Waals surface area contributed by atoms with Crippen molar-refractivity contribution in [2.45, 2.75) is 0 Å². The second kappa shape index (κ2) is 8.95. The van der Waals surface area contributed by atoms with Crippen LogP contribution in [-0.2, 0) is 0 Å². The summed E-state index contributed by atoms with van der Waals surface area (Å²) in [4.78, 5) is 24.6. The Morgan fingerprint density at radius 1 is 0.722 bits per heavy atom. The number of halogens is 1. The van der Waals surface area contributed by atoms with E-state index in [1.54, 1.807) is 4.90 Å². The maximum Gasteiger partial charge on any atom is 0.241 e. The van der Waals surface area contributed by atoms with E-state index in [0.717, 1.165) is 33.9 Å². The van der Waals surface area contributed by atoms with E-state index < -0.39 is 5.83 Å². The van der Waals surface area contributed by atoms with Crippen molar-refractivity contribution in [2.24, 2.45) is 20.0 Å². The van der Waals surface area contributed by atoms with Crippen molar-refractivity contribution in [3.8, 4) is 0 Å². The molecule has 0 fully saturated rings. The van der Waals surface area contributed by atoms with Crippen LogP contribution in [0.3, 0.4) is 0 Å². The third-order valence-electron chi connectivity index (χ3n) is 6.10. The Labute approximate surface area is 209 Å². The molecule has 0 atom stereocenters. The summed E-state index contributed by atoms with van der Waals surface area (Å²) >= 11 is 0. The van der Waals surface area contributed by atoms with Crippen LogP contribution in [0.15, 0.2) is 80.2 Å². The summed E-state index contributed by atoms with van der Waals surface area (Å²) in [5, 5.41) is 6.44. The second-order valence-electron chi connectivity index (χ2n) is 8.87. The molecule has 3 aliphatic heterocycles. The maximum absolute atomic E-state index is 14.7. The molecule has 0 aromatic heterocycles. The number of amidine groups is 3. The molecule has 0 amide bonds. The minimum Gasteiger partial charge on any atom is -0.387 e. The number of benzene rings is 2. The third-order valence-corrected chi connectivity index (χ3v) is 6.10. The first-order chi connectivity index (χ1) is 17.3. The Balaban J connectivity index is 1.65. The minimum absolute atomic E-state index is 0.382. The van der Waals surface area contributed by atoms with Gasteiger partial charge in [-0.1, -0.05) is 0 Å². The van der Waals surface area contributed by atoms with Crippen molar-refractivity contribution in [3.63, 3.8) is 0 Å². The van der Waals surface area contributed by atoms with E-state index in [0.29, 0.717) is 29.3 Å². The van der Waals surface area contributed by atoms with Gasteiger partial charge in [-0.25, -0.2) is 19.3 Å². The van der Waals surface area contributed by atoms with E-state index in [1.807, 2.05) is 88.5 Å². The van der Waals surface area contributed by atoms with Gasteiger partial charge in [-0.2, -0.15) is 9.98 Å². The number of hydrogen-bond donors (Lipinski definition) is 2. The zero-order valence-corrected chi connectivity index (χ0v) is 21.1. The van der Waals surface area contributed by atoms with Gasteiger partial charge in [0.25, 0.3) is 0 Å². The zero-order chi connectivity index (χ0) is 25.6. The van der Waals surface area contributed by atoms with Gasteiger partial charge in [-0.05, 0) is 36.4 Å². The van der Waals surface area contributed by atoms with Crippen LogP contribution in [0.4, 0.5) is 27.1 Å². The molecule has 0 spiro atoms. The van der Waals surface area contributed by atoms with Gasteiger partial charge in [0.15, 0.2) is 11.7 Å². The predicted octanol–water partition coefficient (Wildman–Crippen LogP) is 3.89. The van der Waals surface area contributed by atoms with Crippen molar-refractivity contribution in [1.29, 1.82) is 0 Å². The fourth-order valence-electron chi connectivity index (χ4n) is 4.15. The van der Waals surface area contributed by atoms with E-state index in [4.69, 9.17) is 9.98 Å². The summed E-state index contributed by atoms with van der Waals surface area (Å²) in [7, 11) is 11.6. The van der Waals surface area contributed by atoms with Gasteiger partial charge in [0.1, 0.15) is 17.5 Å². The molecule has 0 saturated heterocycles. The van der Waals surface area contributed by atoms with E-state index in [2.05, 4.69) is 20.6 Å². The standard InChI is InChI=1S/C26H28FN9/c1-28-20-13-16(34(3)4)7-9-18(20)24-30-22-11-15(27)12-23-31-25(33-26(32-24)36(22)23)19-10-8-17(35(5)6)14-21(19)29-2/h7-14,28-29H,1-6H3. The maximum atomic E-state index is 14.7. The smallest absolute Gasteiger partial charge is 0.241 e. The molecule has 184 valence electrons. The van der Waals surface area contributed by atoms with Crippen molar-refractivity contribution in [1.82, 2.24) is 4.90 Å². The monoisotopic (exact) mass is 485 g/mol. The summed E-state index contributed by atoms with van der Waals surface area (Å²) in [6, 6.07) is 11.9. The Morgan fingerprint density at radius 3 is 1.81 bits per heavy atom. The third kappa shape index (κ3) is 4.00. The van der Waals surface area contributed by atoms with Crippen LogP contribution in [0.1, 0.15) is 11.1 Å². The molecule has 3 heterocycles. The fourth-order valence-corrected chi connectivity index (χ4v) is 4.15. The quantitative estimate of drug-likeness (QED) is 0.649. The summed E-state index contributed by atoms with van der Waals surface area (Å²) < 4.78 is 14.7. The molecule has 2 N–H and O–H groups in total. The largest absolute Gasteiger partial charge is 0.387 e. The van der Waals surface area contributed by atoms with Gasteiger partial charge in [0, 0.05) is 88.3 Å². The lowest BCUT2D eigenvalue weighted by Crippen LogP contribution is -2.42. The van der Waals surface area contributed by atoms with Crippen molar-refractivity contribution in [2.75, 3.05) is 62.7 Å². The van der Waals surface area contributed by atoms with Crippen molar-refractivity contribution >= 4 is 46.2 Å². The highest BCUT2D eigenvalue weighted by Crippen LogP contribution is 2.32. The molecular formula is C26H28FN9. The highest BCUT2D eigenvalue weighted by Gasteiger charge is 2.33. The van der Waals surface area contributed by atoms with Crippen LogP contribution in [-0.4, -0.2) is 70.7 Å². The molecule has 36 heavy (non-hydrogen) atoms. The topological polar surface area (TPSA) is 83.2 Å². The predicted molar refractivity (Wildman–Crippen MR) is 148 cm³/mol. The van der Waals surface area contributed by atoms with Gasteiger partial charge in [0.05, 0.1) is 0 Å². The minimum atomic E-state index is -0.431. The van der Waals surface area contributed by atoms with Crippen LogP contribution in [0.25, 0.3) is 0 Å². The highest BCUT2D eigenvalue weighted by molar-refractivity contribution is 6.26. The van der Waals surface area contributed by atoms with Crippen LogP contribution >= 0.6 is 0 Å². The summed E-state index contributed by atoms with van der Waals surface area (Å²) in [5.74, 6) is 1.60. The van der Waals surface area contributed by atoms with Crippen LogP contribution in [0.5, 0.6) is 0 Å². The Kier molecular flexibility index (Phi) is 5.79. The van der Waals surface area contributed by atoms with Gasteiger partial charge >= 0.3 is 0 Å². The van der Waals surface area contributed by atoms with E-state index in [9.17, 15) is 4.39 Å². The molecule has 3 aliphatic rings. The van der Waals surface area contributed by atoms with Crippen LogP contribution < -0.4 is 20.4 Å². The molecule has 0 bridgehead atoms. The number of hydrogen-bond acceptors (Lipinski definition) is 9. The van der Waals surface area contributed by atoms with E-state index >= 15 is 0 Å². The van der Waals surface area contributed by atoms with Crippen LogP contribution in [0.2, 0.25) is 0 Å². The highest BCUT2D eigenvalue weighted by atomic mass is 19.1. The van der Waals surface area contributed by atoms with Crippen molar-refractivity contribution in [3.05, 3.63) is 71.3 Å². The molecular weight excluding hydrogens is 457 g/mol. The first kappa shape index (κ1) is 23.3. The Morgan fingerprint density at radius 2 is 1.28 bits per heavy atom. The first-order valence-corrected chi connectivity index (χ1v) is 11.5. The van der Waals surface area contributed by atoms with Gasteiger partial charge in [0.2, 0.25) is 5.96 Å². The number of guanidine groups is 1. The average molecular weight is 486 g/mol. The Bertz CT molecular complexity index is 1370. The molecule has 2 aromatic rings. The number of nitrogens with zero attached hydrogens (tertiary/aromatic N) is 7. The van der Waals surface area contributed by atoms with Gasteiger partial charge < -0.3 is 20.4 Å². The van der Waals surface area contributed by atoms with E-state index in [1.165, 1.54) is 12.2 Å². The molecule has 9 nitrogen and oxygen atoms in total. The Hall–Kier alpha value is -4.47. The number of anilines is 4. The molecule has 0 unspecified atom stereocenters. The molecule has 2 aromatic carbocycles. The lowest BCUT2D eigenvalue weighted by atomic mass is 10.1. The SMILES string of the molecule is CNc1cc(N(C)C)ccc1C1=NC2=CC(F)=CC3=NC(c4ccc(N(C)C)cc4NC)=NC(=N1)N23. The molecule has 10 heteroatoms. The van der Waals surface area contributed by atoms with Crippen LogP contribution in [0, 0.1) is 0 Å². The average Bonchev–Trinajstić information content (AvgIpc) is 2.87. The second-order valence-corrected chi connectivity index (χ2v) is 8.87. The lowest BCUT2D eigenvalue weighted by molar-refractivity contribution is 0.631.